The van der Waals surface area contributed by atoms with E-state index in [1.807, 2.05) is 0 Å². The third kappa shape index (κ3) is 3.99. The second-order valence-corrected chi connectivity index (χ2v) is 7.79. The van der Waals surface area contributed by atoms with Crippen LogP contribution in [-0.2, 0) is 9.31 Å². The molecule has 0 amide bonds. The Balaban J connectivity index is 2.51. The van der Waals surface area contributed by atoms with E-state index in [-0.39, 0.29) is 18.3 Å². The lowest BCUT2D eigenvalue weighted by Gasteiger charge is -2.32. The molecule has 0 N–H and O–H groups in total. The Bertz CT molecular complexity index is 250. The standard InChI is InChI=1S/C14H29BO2/c1-11(9-12(2,3)4)10-15-16-13(5,6)14(7,8)17-15/h11H,9-10H2,1-8H3. The van der Waals surface area contributed by atoms with Crippen LogP contribution < -0.4 is 0 Å². The van der Waals surface area contributed by atoms with Crippen molar-refractivity contribution in [3.05, 3.63) is 0 Å². The van der Waals surface area contributed by atoms with Gasteiger partial charge in [0.15, 0.2) is 0 Å². The summed E-state index contributed by atoms with van der Waals surface area (Å²) in [5.41, 5.74) is -0.0126. The average Bonchev–Trinajstić information content (AvgIpc) is 2.13. The molecule has 0 aromatic carbocycles. The monoisotopic (exact) mass is 240 g/mol. The van der Waals surface area contributed by atoms with E-state index in [9.17, 15) is 0 Å². The molecule has 0 aromatic heterocycles. The van der Waals surface area contributed by atoms with Crippen molar-refractivity contribution >= 4 is 7.12 Å². The summed E-state index contributed by atoms with van der Waals surface area (Å²) in [7, 11) is -0.0441. The first kappa shape index (κ1) is 15.0. The predicted molar refractivity (Wildman–Crippen MR) is 74.1 cm³/mol. The smallest absolute Gasteiger partial charge is 0.403 e. The first-order chi connectivity index (χ1) is 7.43. The third-order valence-corrected chi connectivity index (χ3v) is 3.86. The lowest BCUT2D eigenvalue weighted by atomic mass is 9.73. The fourth-order valence-electron chi connectivity index (χ4n) is 2.52. The molecule has 0 saturated carbocycles. The minimum Gasteiger partial charge on any atom is -0.403 e. The first-order valence-electron chi connectivity index (χ1n) is 6.79. The van der Waals surface area contributed by atoms with Gasteiger partial charge in [-0.2, -0.15) is 0 Å². The molecule has 1 rings (SSSR count). The van der Waals surface area contributed by atoms with Gasteiger partial charge >= 0.3 is 7.12 Å². The van der Waals surface area contributed by atoms with Crippen LogP contribution in [-0.4, -0.2) is 18.3 Å². The largest absolute Gasteiger partial charge is 0.458 e. The van der Waals surface area contributed by atoms with Crippen molar-refractivity contribution < 1.29 is 9.31 Å². The summed E-state index contributed by atoms with van der Waals surface area (Å²) in [6, 6.07) is 0. The summed E-state index contributed by atoms with van der Waals surface area (Å²) in [5, 5.41) is 0. The Morgan fingerprint density at radius 2 is 1.41 bits per heavy atom. The lowest BCUT2D eigenvalue weighted by molar-refractivity contribution is 0.00578. The van der Waals surface area contributed by atoms with Gasteiger partial charge in [-0.1, -0.05) is 27.7 Å². The van der Waals surface area contributed by atoms with Crippen molar-refractivity contribution in [3.8, 4) is 0 Å². The van der Waals surface area contributed by atoms with Gasteiger partial charge in [0.05, 0.1) is 11.2 Å². The second kappa shape index (κ2) is 4.58. The van der Waals surface area contributed by atoms with E-state index in [1.165, 1.54) is 6.42 Å². The Hall–Kier alpha value is -0.0151. The Kier molecular flexibility index (Phi) is 4.06. The molecule has 0 bridgehead atoms. The van der Waals surface area contributed by atoms with Crippen molar-refractivity contribution in [2.45, 2.75) is 79.3 Å². The molecule has 17 heavy (non-hydrogen) atoms. The Labute approximate surface area is 108 Å². The highest BCUT2D eigenvalue weighted by Gasteiger charge is 2.51. The molecule has 1 aliphatic heterocycles. The molecule has 1 saturated heterocycles. The van der Waals surface area contributed by atoms with Crippen LogP contribution in [0.25, 0.3) is 0 Å². The van der Waals surface area contributed by atoms with E-state index in [1.54, 1.807) is 0 Å². The molecule has 1 heterocycles. The fraction of sp³-hybridized carbons (Fsp3) is 1.00. The fourth-order valence-corrected chi connectivity index (χ4v) is 2.52. The molecule has 1 aliphatic rings. The van der Waals surface area contributed by atoms with Gasteiger partial charge in [-0.3, -0.25) is 0 Å². The second-order valence-electron chi connectivity index (χ2n) is 7.79. The van der Waals surface area contributed by atoms with Gasteiger partial charge in [0.25, 0.3) is 0 Å². The van der Waals surface area contributed by atoms with Crippen LogP contribution in [0.1, 0.15) is 61.8 Å². The number of hydrogen-bond donors (Lipinski definition) is 0. The lowest BCUT2D eigenvalue weighted by Crippen LogP contribution is -2.41. The van der Waals surface area contributed by atoms with E-state index < -0.39 is 0 Å². The number of rotatable bonds is 3. The SMILES string of the molecule is CC(CB1OC(C)(C)C(C)(C)O1)CC(C)(C)C. The molecule has 2 nitrogen and oxygen atoms in total. The van der Waals surface area contributed by atoms with Crippen molar-refractivity contribution in [1.29, 1.82) is 0 Å². The van der Waals surface area contributed by atoms with Gasteiger partial charge in [-0.05, 0) is 51.8 Å². The molecule has 1 unspecified atom stereocenters. The highest BCUT2D eigenvalue weighted by molar-refractivity contribution is 6.45. The molecule has 3 heteroatoms. The summed E-state index contributed by atoms with van der Waals surface area (Å²) in [4.78, 5) is 0. The molecule has 0 radical (unpaired) electrons. The van der Waals surface area contributed by atoms with E-state index in [0.29, 0.717) is 11.3 Å². The molecule has 0 spiro atoms. The minimum atomic E-state index is -0.195. The van der Waals surface area contributed by atoms with Crippen molar-refractivity contribution in [2.24, 2.45) is 11.3 Å². The predicted octanol–water partition coefficient (Wildman–Crippen LogP) is 4.15. The van der Waals surface area contributed by atoms with Crippen molar-refractivity contribution in [3.63, 3.8) is 0 Å². The molecule has 100 valence electrons. The maximum Gasteiger partial charge on any atom is 0.458 e. The summed E-state index contributed by atoms with van der Waals surface area (Å²) >= 11 is 0. The van der Waals surface area contributed by atoms with E-state index in [0.717, 1.165) is 6.32 Å². The van der Waals surface area contributed by atoms with Crippen LogP contribution in [0.3, 0.4) is 0 Å². The van der Waals surface area contributed by atoms with Crippen LogP contribution in [0.5, 0.6) is 0 Å². The van der Waals surface area contributed by atoms with Crippen molar-refractivity contribution in [2.75, 3.05) is 0 Å². The van der Waals surface area contributed by atoms with Gasteiger partial charge < -0.3 is 9.31 Å². The molecule has 1 fully saturated rings. The summed E-state index contributed by atoms with van der Waals surface area (Å²) in [6.45, 7) is 17.6. The maximum absolute atomic E-state index is 6.03. The maximum atomic E-state index is 6.03. The highest BCUT2D eigenvalue weighted by Crippen LogP contribution is 2.39. The summed E-state index contributed by atoms with van der Waals surface area (Å²) in [5.74, 6) is 0.629. The quantitative estimate of drug-likeness (QED) is 0.690. The van der Waals surface area contributed by atoms with Crippen LogP contribution >= 0.6 is 0 Å². The molecular weight excluding hydrogens is 211 g/mol. The van der Waals surface area contributed by atoms with Gasteiger partial charge in [0.2, 0.25) is 0 Å². The van der Waals surface area contributed by atoms with Crippen LogP contribution in [0.4, 0.5) is 0 Å². The Morgan fingerprint density at radius 3 is 1.76 bits per heavy atom. The number of hydrogen-bond acceptors (Lipinski definition) is 2. The van der Waals surface area contributed by atoms with E-state index in [4.69, 9.17) is 9.31 Å². The van der Waals surface area contributed by atoms with Crippen LogP contribution in [0, 0.1) is 11.3 Å². The summed E-state index contributed by atoms with van der Waals surface area (Å²) in [6.07, 6.45) is 2.20. The van der Waals surface area contributed by atoms with Crippen LogP contribution in [0.2, 0.25) is 6.32 Å². The van der Waals surface area contributed by atoms with Gasteiger partial charge in [-0.15, -0.1) is 0 Å². The van der Waals surface area contributed by atoms with E-state index >= 15 is 0 Å². The summed E-state index contributed by atoms with van der Waals surface area (Å²) < 4.78 is 12.1. The van der Waals surface area contributed by atoms with Crippen LogP contribution in [0.15, 0.2) is 0 Å². The van der Waals surface area contributed by atoms with Gasteiger partial charge in [0, 0.05) is 0 Å². The topological polar surface area (TPSA) is 18.5 Å². The zero-order chi connectivity index (χ0) is 13.5. The molecule has 0 aromatic rings. The first-order valence-corrected chi connectivity index (χ1v) is 6.79. The van der Waals surface area contributed by atoms with Gasteiger partial charge in [0.1, 0.15) is 0 Å². The molecule has 0 aliphatic carbocycles. The molecular formula is C14H29BO2. The Morgan fingerprint density at radius 1 is 1.00 bits per heavy atom. The zero-order valence-electron chi connectivity index (χ0n) is 12.9. The highest BCUT2D eigenvalue weighted by atomic mass is 16.7. The third-order valence-electron chi connectivity index (χ3n) is 3.86. The van der Waals surface area contributed by atoms with Crippen molar-refractivity contribution in [1.82, 2.24) is 0 Å². The molecule has 1 atom stereocenters. The normalized spacial score (nSPS) is 25.1. The van der Waals surface area contributed by atoms with E-state index in [2.05, 4.69) is 55.4 Å². The van der Waals surface area contributed by atoms with Gasteiger partial charge in [-0.25, -0.2) is 0 Å². The average molecular weight is 240 g/mol. The zero-order valence-corrected chi connectivity index (χ0v) is 12.9. The minimum absolute atomic E-state index is 0.0441.